The normalized spacial score (nSPS) is 10.7. The predicted molar refractivity (Wildman–Crippen MR) is 93.3 cm³/mol. The number of carbonyl (C=O) groups is 2. The maximum absolute atomic E-state index is 12.4. The van der Waals surface area contributed by atoms with Gasteiger partial charge in [0, 0.05) is 15.5 Å². The molecular weight excluding hydrogens is 398 g/mol. The van der Waals surface area contributed by atoms with Gasteiger partial charge in [-0.05, 0) is 30.3 Å². The topological polar surface area (TPSA) is 128 Å². The summed E-state index contributed by atoms with van der Waals surface area (Å²) < 4.78 is 0.870. The van der Waals surface area contributed by atoms with Crippen LogP contribution in [-0.2, 0) is 0 Å². The fraction of sp³-hybridized carbons (Fsp3) is 0. The quantitative estimate of drug-likeness (QED) is 0.607. The number of nitrogens with two attached hydrogens (primary N) is 1. The summed E-state index contributed by atoms with van der Waals surface area (Å²) in [7, 11) is 0. The van der Waals surface area contributed by atoms with Crippen LogP contribution in [0.5, 0.6) is 0 Å². The van der Waals surface area contributed by atoms with E-state index < -0.39 is 23.0 Å². The molecule has 0 unspecified atom stereocenters. The second-order valence-corrected chi connectivity index (χ2v) is 6.78. The molecule has 3 aromatic rings. The van der Waals surface area contributed by atoms with Crippen LogP contribution in [0.3, 0.4) is 0 Å². The largest absolute Gasteiger partial charge is 0.545 e. The van der Waals surface area contributed by atoms with Gasteiger partial charge in [-0.2, -0.15) is 0 Å². The van der Waals surface area contributed by atoms with Crippen molar-refractivity contribution in [1.29, 1.82) is 0 Å². The summed E-state index contributed by atoms with van der Waals surface area (Å²) in [6, 6.07) is 8.08. The van der Waals surface area contributed by atoms with Gasteiger partial charge in [0.1, 0.15) is 9.71 Å². The zero-order valence-electron chi connectivity index (χ0n) is 11.9. The predicted octanol–water partition coefficient (Wildman–Crippen LogP) is 1.55. The summed E-state index contributed by atoms with van der Waals surface area (Å²) in [6.07, 6.45) is 0. The van der Waals surface area contributed by atoms with Gasteiger partial charge in [0.15, 0.2) is 0 Å². The smallest absolute Gasteiger partial charge is 0.267 e. The van der Waals surface area contributed by atoms with Crippen molar-refractivity contribution in [3.05, 3.63) is 55.6 Å². The monoisotopic (exact) mass is 406 g/mol. The SMILES string of the molecule is Nc1c(C(=O)Nc2ccc(Br)cc2)sc2[nH]c(=O)c(C(=O)[O-])cc12. The lowest BCUT2D eigenvalue weighted by Gasteiger charge is -2.04. The number of halogens is 1. The number of pyridine rings is 1. The van der Waals surface area contributed by atoms with Gasteiger partial charge in [0.25, 0.3) is 11.5 Å². The van der Waals surface area contributed by atoms with Gasteiger partial charge in [-0.15, -0.1) is 11.3 Å². The fourth-order valence-corrected chi connectivity index (χ4v) is 3.37. The molecule has 0 atom stereocenters. The van der Waals surface area contributed by atoms with Crippen molar-refractivity contribution in [3.63, 3.8) is 0 Å². The minimum atomic E-state index is -1.61. The van der Waals surface area contributed by atoms with E-state index >= 15 is 0 Å². The van der Waals surface area contributed by atoms with Crippen molar-refractivity contribution in [2.45, 2.75) is 0 Å². The van der Waals surface area contributed by atoms with Crippen LogP contribution in [-0.4, -0.2) is 16.9 Å². The lowest BCUT2D eigenvalue weighted by Crippen LogP contribution is -2.29. The van der Waals surface area contributed by atoms with Crippen LogP contribution in [0.4, 0.5) is 11.4 Å². The highest BCUT2D eigenvalue weighted by molar-refractivity contribution is 9.10. The Bertz CT molecular complexity index is 1020. The van der Waals surface area contributed by atoms with Crippen molar-refractivity contribution >= 4 is 60.7 Å². The third-order valence-electron chi connectivity index (χ3n) is 3.27. The summed E-state index contributed by atoms with van der Waals surface area (Å²) in [5, 5.41) is 13.9. The van der Waals surface area contributed by atoms with Crippen LogP contribution >= 0.6 is 27.3 Å². The first-order chi connectivity index (χ1) is 11.4. The van der Waals surface area contributed by atoms with E-state index in [1.807, 2.05) is 0 Å². The van der Waals surface area contributed by atoms with E-state index in [0.717, 1.165) is 21.9 Å². The molecule has 0 saturated carbocycles. The number of amides is 1. The Morgan fingerprint density at radius 2 is 1.92 bits per heavy atom. The molecule has 1 aromatic carbocycles. The number of rotatable bonds is 3. The Hall–Kier alpha value is -2.65. The summed E-state index contributed by atoms with van der Waals surface area (Å²) in [6.45, 7) is 0. The number of nitrogens with one attached hydrogen (secondary N) is 2. The van der Waals surface area contributed by atoms with Gasteiger partial charge in [-0.25, -0.2) is 0 Å². The third-order valence-corrected chi connectivity index (χ3v) is 4.94. The first kappa shape index (κ1) is 16.2. The average Bonchev–Trinajstić information content (AvgIpc) is 2.85. The van der Waals surface area contributed by atoms with Crippen molar-refractivity contribution in [1.82, 2.24) is 4.98 Å². The number of benzene rings is 1. The highest BCUT2D eigenvalue weighted by atomic mass is 79.9. The lowest BCUT2D eigenvalue weighted by atomic mass is 10.2. The van der Waals surface area contributed by atoms with E-state index in [-0.39, 0.29) is 10.6 Å². The van der Waals surface area contributed by atoms with E-state index in [2.05, 4.69) is 26.2 Å². The molecule has 2 aromatic heterocycles. The molecule has 0 aliphatic carbocycles. The number of aromatic carboxylic acids is 1. The highest BCUT2D eigenvalue weighted by Crippen LogP contribution is 2.32. The Morgan fingerprint density at radius 1 is 1.25 bits per heavy atom. The summed E-state index contributed by atoms with van der Waals surface area (Å²) in [5.74, 6) is -2.06. The fourth-order valence-electron chi connectivity index (χ4n) is 2.11. The number of fused-ring (bicyclic) bond motifs is 1. The van der Waals surface area contributed by atoms with Crippen molar-refractivity contribution in [2.75, 3.05) is 11.1 Å². The zero-order chi connectivity index (χ0) is 17.4. The number of aromatic nitrogens is 1. The number of nitrogen functional groups attached to an aromatic ring is 1. The number of aromatic amines is 1. The van der Waals surface area contributed by atoms with Crippen molar-refractivity contribution < 1.29 is 14.7 Å². The number of thiophene rings is 1. The molecule has 0 aliphatic heterocycles. The van der Waals surface area contributed by atoms with Crippen LogP contribution in [0.25, 0.3) is 10.2 Å². The molecule has 0 saturated heterocycles. The van der Waals surface area contributed by atoms with E-state index in [9.17, 15) is 19.5 Å². The molecule has 122 valence electrons. The number of carbonyl (C=O) groups excluding carboxylic acids is 2. The minimum Gasteiger partial charge on any atom is -0.545 e. The number of carboxylic acids is 1. The summed E-state index contributed by atoms with van der Waals surface area (Å²) in [5.41, 5.74) is 5.28. The Labute approximate surface area is 147 Å². The third kappa shape index (κ3) is 2.91. The molecule has 1 amide bonds. The minimum absolute atomic E-state index is 0.100. The molecule has 4 N–H and O–H groups in total. The van der Waals surface area contributed by atoms with E-state index in [1.165, 1.54) is 0 Å². The van der Waals surface area contributed by atoms with Crippen LogP contribution in [0, 0.1) is 0 Å². The van der Waals surface area contributed by atoms with E-state index in [4.69, 9.17) is 5.73 Å². The first-order valence-electron chi connectivity index (χ1n) is 6.60. The van der Waals surface area contributed by atoms with Gasteiger partial charge in [0.05, 0.1) is 17.2 Å². The van der Waals surface area contributed by atoms with Gasteiger partial charge in [-0.1, -0.05) is 15.9 Å². The molecule has 3 rings (SSSR count). The van der Waals surface area contributed by atoms with E-state index in [1.54, 1.807) is 24.3 Å². The Kier molecular flexibility index (Phi) is 4.12. The molecule has 2 heterocycles. The second-order valence-electron chi connectivity index (χ2n) is 4.85. The molecule has 0 radical (unpaired) electrons. The molecular formula is C15H9BrN3O4S-. The second kappa shape index (κ2) is 6.10. The molecule has 24 heavy (non-hydrogen) atoms. The van der Waals surface area contributed by atoms with Crippen LogP contribution < -0.4 is 21.7 Å². The lowest BCUT2D eigenvalue weighted by molar-refractivity contribution is -0.255. The number of hydrogen-bond donors (Lipinski definition) is 3. The van der Waals surface area contributed by atoms with Crippen LogP contribution in [0.15, 0.2) is 39.6 Å². The van der Waals surface area contributed by atoms with Gasteiger partial charge in [0.2, 0.25) is 0 Å². The Morgan fingerprint density at radius 3 is 2.54 bits per heavy atom. The van der Waals surface area contributed by atoms with Gasteiger partial charge >= 0.3 is 0 Å². The summed E-state index contributed by atoms with van der Waals surface area (Å²) >= 11 is 4.27. The number of anilines is 2. The maximum atomic E-state index is 12.4. The molecule has 7 nitrogen and oxygen atoms in total. The number of H-pyrrole nitrogens is 1. The van der Waals surface area contributed by atoms with Crippen molar-refractivity contribution in [2.24, 2.45) is 0 Å². The maximum Gasteiger partial charge on any atom is 0.267 e. The standard InChI is InChI=1S/C15H10BrN3O4S/c16-6-1-3-7(4-2-6)18-13(21)11-10(17)8-5-9(15(22)23)12(20)19-14(8)24-11/h1-5H,17H2,(H,18,21)(H,19,20)(H,22,23)/p-1. The van der Waals surface area contributed by atoms with Crippen LogP contribution in [0.2, 0.25) is 0 Å². The van der Waals surface area contributed by atoms with Crippen LogP contribution in [0.1, 0.15) is 20.0 Å². The zero-order valence-corrected chi connectivity index (χ0v) is 14.3. The summed E-state index contributed by atoms with van der Waals surface area (Å²) in [4.78, 5) is 37.9. The number of hydrogen-bond acceptors (Lipinski definition) is 6. The van der Waals surface area contributed by atoms with E-state index in [0.29, 0.717) is 15.9 Å². The van der Waals surface area contributed by atoms with Gasteiger partial charge < -0.3 is 25.9 Å². The molecule has 0 aliphatic rings. The highest BCUT2D eigenvalue weighted by Gasteiger charge is 2.18. The molecule has 0 fully saturated rings. The Balaban J connectivity index is 2.01. The molecule has 0 bridgehead atoms. The molecule has 0 spiro atoms. The number of carboxylic acid groups (broad SMARTS) is 1. The van der Waals surface area contributed by atoms with Crippen molar-refractivity contribution in [3.8, 4) is 0 Å². The average molecular weight is 407 g/mol. The molecule has 9 heteroatoms. The van der Waals surface area contributed by atoms with Gasteiger partial charge in [-0.3, -0.25) is 9.59 Å². The first-order valence-corrected chi connectivity index (χ1v) is 8.21.